The number of nitriles is 1. The van der Waals surface area contributed by atoms with Crippen molar-refractivity contribution in [1.82, 2.24) is 4.90 Å². The number of β-amino-alcohol motifs (C(OH)–C–C–N with tert-alkyl or cyclic N) is 1. The van der Waals surface area contributed by atoms with Gasteiger partial charge in [0.2, 0.25) is 5.91 Å². The van der Waals surface area contributed by atoms with Crippen molar-refractivity contribution in [3.63, 3.8) is 0 Å². The molecule has 1 fully saturated rings. The Morgan fingerprint density at radius 1 is 1.57 bits per heavy atom. The van der Waals surface area contributed by atoms with Crippen LogP contribution >= 0.6 is 0 Å². The fourth-order valence-electron chi connectivity index (χ4n) is 2.82. The van der Waals surface area contributed by atoms with E-state index in [9.17, 15) is 14.3 Å². The molecule has 5 nitrogen and oxygen atoms in total. The molecule has 6 heteroatoms. The summed E-state index contributed by atoms with van der Waals surface area (Å²) in [6.45, 7) is 1.56. The summed E-state index contributed by atoms with van der Waals surface area (Å²) in [4.78, 5) is 13.0. The van der Waals surface area contributed by atoms with Gasteiger partial charge in [0.1, 0.15) is 11.9 Å². The number of primary amides is 1. The van der Waals surface area contributed by atoms with Crippen LogP contribution in [0, 0.1) is 17.1 Å². The molecule has 0 spiro atoms. The van der Waals surface area contributed by atoms with E-state index in [1.165, 1.54) is 12.1 Å². The molecule has 2 rings (SSSR count). The number of aliphatic hydroxyl groups is 1. The number of hydrogen-bond donors (Lipinski definition) is 2. The molecule has 1 aliphatic heterocycles. The lowest BCUT2D eigenvalue weighted by Crippen LogP contribution is -2.49. The maximum atomic E-state index is 13.6. The average molecular weight is 291 g/mol. The van der Waals surface area contributed by atoms with Gasteiger partial charge in [-0.1, -0.05) is 6.07 Å². The number of benzene rings is 1. The molecule has 1 unspecified atom stereocenters. The molecule has 0 saturated carbocycles. The molecule has 1 heterocycles. The van der Waals surface area contributed by atoms with Crippen molar-refractivity contribution in [3.8, 4) is 6.07 Å². The van der Waals surface area contributed by atoms with E-state index < -0.39 is 17.3 Å². The van der Waals surface area contributed by atoms with Crippen LogP contribution < -0.4 is 5.73 Å². The van der Waals surface area contributed by atoms with Crippen molar-refractivity contribution >= 4 is 5.91 Å². The first-order valence-corrected chi connectivity index (χ1v) is 6.83. The molecule has 1 aliphatic rings. The number of piperidine rings is 1. The lowest BCUT2D eigenvalue weighted by molar-refractivity contribution is -0.125. The monoisotopic (exact) mass is 291 g/mol. The Balaban J connectivity index is 2.04. The second kappa shape index (κ2) is 6.20. The van der Waals surface area contributed by atoms with Crippen LogP contribution in [0.2, 0.25) is 0 Å². The quantitative estimate of drug-likeness (QED) is 0.862. The number of hydrogen-bond acceptors (Lipinski definition) is 4. The Labute approximate surface area is 122 Å². The SMILES string of the molecule is N#Cc1ccc(CN2CCCC(O)(CC(N)=O)C2)cc1F. The zero-order valence-corrected chi connectivity index (χ0v) is 11.7. The van der Waals surface area contributed by atoms with Gasteiger partial charge in [0.05, 0.1) is 17.6 Å². The van der Waals surface area contributed by atoms with Crippen molar-refractivity contribution < 1.29 is 14.3 Å². The molecule has 1 aromatic carbocycles. The predicted molar refractivity (Wildman–Crippen MR) is 74.4 cm³/mol. The van der Waals surface area contributed by atoms with Gasteiger partial charge in [0.15, 0.2) is 0 Å². The van der Waals surface area contributed by atoms with Crippen LogP contribution in [-0.4, -0.2) is 34.6 Å². The summed E-state index contributed by atoms with van der Waals surface area (Å²) in [6, 6.07) is 6.26. The first-order valence-electron chi connectivity index (χ1n) is 6.83. The number of carbonyl (C=O) groups is 1. The molecule has 0 aromatic heterocycles. The van der Waals surface area contributed by atoms with E-state index >= 15 is 0 Å². The first-order chi connectivity index (χ1) is 9.92. The minimum atomic E-state index is -1.10. The van der Waals surface area contributed by atoms with Crippen LogP contribution in [0.25, 0.3) is 0 Å². The fraction of sp³-hybridized carbons (Fsp3) is 0.467. The van der Waals surface area contributed by atoms with E-state index in [0.29, 0.717) is 19.5 Å². The Bertz CT molecular complexity index is 585. The molecular formula is C15H18FN3O2. The first kappa shape index (κ1) is 15.4. The van der Waals surface area contributed by atoms with Crippen LogP contribution in [0.4, 0.5) is 4.39 Å². The molecule has 0 radical (unpaired) electrons. The van der Waals surface area contributed by atoms with E-state index in [-0.39, 0.29) is 12.0 Å². The molecule has 3 N–H and O–H groups in total. The van der Waals surface area contributed by atoms with E-state index in [1.807, 2.05) is 4.90 Å². The number of nitrogens with two attached hydrogens (primary N) is 1. The van der Waals surface area contributed by atoms with Crippen molar-refractivity contribution in [2.24, 2.45) is 5.73 Å². The Hall–Kier alpha value is -1.97. The van der Waals surface area contributed by atoms with E-state index in [4.69, 9.17) is 11.0 Å². The number of carbonyl (C=O) groups excluding carboxylic acids is 1. The zero-order valence-electron chi connectivity index (χ0n) is 11.7. The highest BCUT2D eigenvalue weighted by Gasteiger charge is 2.34. The zero-order chi connectivity index (χ0) is 15.5. The van der Waals surface area contributed by atoms with Crippen LogP contribution in [0.3, 0.4) is 0 Å². The highest BCUT2D eigenvalue weighted by molar-refractivity contribution is 5.75. The minimum Gasteiger partial charge on any atom is -0.388 e. The Morgan fingerprint density at radius 3 is 2.95 bits per heavy atom. The van der Waals surface area contributed by atoms with Crippen molar-refractivity contribution in [3.05, 3.63) is 35.1 Å². The van der Waals surface area contributed by atoms with Gasteiger partial charge in [-0.25, -0.2) is 4.39 Å². The number of likely N-dealkylation sites (tertiary alicyclic amines) is 1. The summed E-state index contributed by atoms with van der Waals surface area (Å²) in [5.41, 5.74) is 4.81. The third-order valence-corrected chi connectivity index (χ3v) is 3.70. The minimum absolute atomic E-state index is 0.0163. The highest BCUT2D eigenvalue weighted by atomic mass is 19.1. The van der Waals surface area contributed by atoms with Crippen LogP contribution in [0.1, 0.15) is 30.4 Å². The maximum Gasteiger partial charge on any atom is 0.220 e. The van der Waals surface area contributed by atoms with Gasteiger partial charge in [0.25, 0.3) is 0 Å². The number of halogens is 1. The van der Waals surface area contributed by atoms with Crippen molar-refractivity contribution in [2.75, 3.05) is 13.1 Å². The second-order valence-electron chi connectivity index (χ2n) is 5.61. The Kier molecular flexibility index (Phi) is 4.56. The number of amides is 1. The van der Waals surface area contributed by atoms with Crippen molar-refractivity contribution in [2.45, 2.75) is 31.4 Å². The summed E-state index contributed by atoms with van der Waals surface area (Å²) < 4.78 is 13.6. The standard InChI is InChI=1S/C15H18FN3O2/c16-13-6-11(2-3-12(13)8-17)9-19-5-1-4-15(21,10-19)7-14(18)20/h2-3,6,21H,1,4-5,7,9-10H2,(H2,18,20). The largest absolute Gasteiger partial charge is 0.388 e. The van der Waals surface area contributed by atoms with Crippen LogP contribution in [0.15, 0.2) is 18.2 Å². The predicted octanol–water partition coefficient (Wildman–Crippen LogP) is 0.900. The smallest absolute Gasteiger partial charge is 0.220 e. The van der Waals surface area contributed by atoms with Crippen LogP contribution in [0.5, 0.6) is 0 Å². The molecule has 112 valence electrons. The lowest BCUT2D eigenvalue weighted by atomic mass is 9.89. The fourth-order valence-corrected chi connectivity index (χ4v) is 2.82. The molecule has 0 aliphatic carbocycles. The highest BCUT2D eigenvalue weighted by Crippen LogP contribution is 2.25. The summed E-state index contributed by atoms with van der Waals surface area (Å²) in [7, 11) is 0. The molecule has 1 saturated heterocycles. The van der Waals surface area contributed by atoms with E-state index in [0.717, 1.165) is 18.5 Å². The van der Waals surface area contributed by atoms with Crippen molar-refractivity contribution in [1.29, 1.82) is 5.26 Å². The molecule has 1 aromatic rings. The summed E-state index contributed by atoms with van der Waals surface area (Å²) >= 11 is 0. The average Bonchev–Trinajstić information content (AvgIpc) is 2.37. The summed E-state index contributed by atoms with van der Waals surface area (Å²) in [5.74, 6) is -1.07. The second-order valence-corrected chi connectivity index (χ2v) is 5.61. The Morgan fingerprint density at radius 2 is 2.33 bits per heavy atom. The third kappa shape index (κ3) is 4.00. The number of nitrogens with zero attached hydrogens (tertiary/aromatic N) is 2. The normalized spacial score (nSPS) is 22.7. The van der Waals surface area contributed by atoms with Gasteiger partial charge >= 0.3 is 0 Å². The van der Waals surface area contributed by atoms with Gasteiger partial charge in [0, 0.05) is 13.1 Å². The molecule has 21 heavy (non-hydrogen) atoms. The van der Waals surface area contributed by atoms with Gasteiger partial charge in [-0.05, 0) is 37.1 Å². The lowest BCUT2D eigenvalue weighted by Gasteiger charge is -2.38. The van der Waals surface area contributed by atoms with Gasteiger partial charge < -0.3 is 10.8 Å². The molecule has 1 atom stereocenters. The van der Waals surface area contributed by atoms with E-state index in [2.05, 4.69) is 0 Å². The molecule has 1 amide bonds. The van der Waals surface area contributed by atoms with E-state index in [1.54, 1.807) is 12.1 Å². The summed E-state index contributed by atoms with van der Waals surface area (Å²) in [5, 5.41) is 19.1. The van der Waals surface area contributed by atoms with Gasteiger partial charge in [-0.15, -0.1) is 0 Å². The third-order valence-electron chi connectivity index (χ3n) is 3.70. The molecule has 0 bridgehead atoms. The maximum absolute atomic E-state index is 13.6. The molecular weight excluding hydrogens is 273 g/mol. The summed E-state index contributed by atoms with van der Waals surface area (Å²) in [6.07, 6.45) is 1.22. The van der Waals surface area contributed by atoms with Crippen LogP contribution in [-0.2, 0) is 11.3 Å². The number of rotatable bonds is 4. The van der Waals surface area contributed by atoms with Gasteiger partial charge in [-0.3, -0.25) is 9.69 Å². The van der Waals surface area contributed by atoms with Gasteiger partial charge in [-0.2, -0.15) is 5.26 Å². The topological polar surface area (TPSA) is 90.3 Å².